The van der Waals surface area contributed by atoms with Crippen LogP contribution in [0.1, 0.15) is 72.9 Å². The fraction of sp³-hybridized carbons (Fsp3) is 0.622. The van der Waals surface area contributed by atoms with Crippen LogP contribution in [0.25, 0.3) is 0 Å². The molecule has 1 N–H and O–H groups in total. The number of nitrogens with zero attached hydrogens (tertiary/aromatic N) is 5. The number of hydrogen-bond donors (Lipinski definition) is 1. The van der Waals surface area contributed by atoms with Crippen LogP contribution >= 0.6 is 0 Å². The minimum Gasteiger partial charge on any atom is -0.474 e. The number of carbonyl (C=O) groups excluding carboxylic acids is 3. The van der Waals surface area contributed by atoms with Crippen molar-refractivity contribution in [3.63, 3.8) is 0 Å². The lowest BCUT2D eigenvalue weighted by Gasteiger charge is -2.49. The lowest BCUT2D eigenvalue weighted by atomic mass is 10.0. The van der Waals surface area contributed by atoms with Crippen LogP contribution in [0, 0.1) is 5.82 Å². The Labute approximate surface area is 295 Å². The maximum Gasteiger partial charge on any atom is 0.410 e. The molecule has 2 fully saturated rings. The molecule has 0 spiro atoms. The van der Waals surface area contributed by atoms with E-state index >= 15 is 0 Å². The highest BCUT2D eigenvalue weighted by molar-refractivity contribution is 5.98. The summed E-state index contributed by atoms with van der Waals surface area (Å²) in [5, 5.41) is 2.87. The molecule has 0 unspecified atom stereocenters. The molecule has 1 aromatic heterocycles. The summed E-state index contributed by atoms with van der Waals surface area (Å²) in [6.07, 6.45) is 0.267. The fourth-order valence-corrected chi connectivity index (χ4v) is 6.92. The number of ether oxygens (including phenoxy) is 3. The molecule has 3 aliphatic rings. The van der Waals surface area contributed by atoms with Crippen molar-refractivity contribution >= 4 is 29.4 Å². The first kappa shape index (κ1) is 37.4. The van der Waals surface area contributed by atoms with Crippen molar-refractivity contribution in [3.8, 4) is 5.88 Å². The normalized spacial score (nSPS) is 24.7. The molecule has 2 aromatic rings. The van der Waals surface area contributed by atoms with Gasteiger partial charge in [-0.25, -0.2) is 9.18 Å². The molecule has 3 aliphatic heterocycles. The van der Waals surface area contributed by atoms with Gasteiger partial charge in [-0.05, 0) is 72.2 Å². The lowest BCUT2D eigenvalue weighted by Crippen LogP contribution is -2.65. The third-order valence-corrected chi connectivity index (χ3v) is 9.56. The molecule has 2 saturated heterocycles. The quantitative estimate of drug-likeness (QED) is 0.420. The van der Waals surface area contributed by atoms with Gasteiger partial charge in [-0.15, -0.1) is 0 Å². The summed E-state index contributed by atoms with van der Waals surface area (Å²) < 4.78 is 31.3. The molecule has 274 valence electrons. The predicted molar refractivity (Wildman–Crippen MR) is 189 cm³/mol. The van der Waals surface area contributed by atoms with Crippen molar-refractivity contribution in [2.45, 2.75) is 104 Å². The first-order chi connectivity index (χ1) is 23.6. The van der Waals surface area contributed by atoms with Gasteiger partial charge in [-0.1, -0.05) is 19.1 Å². The number of anilines is 2. The molecule has 5 atom stereocenters. The van der Waals surface area contributed by atoms with Crippen molar-refractivity contribution < 1.29 is 33.0 Å². The van der Waals surface area contributed by atoms with Crippen molar-refractivity contribution in [1.29, 1.82) is 0 Å². The maximum atomic E-state index is 14.5. The van der Waals surface area contributed by atoms with E-state index in [1.807, 2.05) is 40.7 Å². The third kappa shape index (κ3) is 8.91. The van der Waals surface area contributed by atoms with Crippen LogP contribution in [0.15, 0.2) is 30.3 Å². The second kappa shape index (κ2) is 15.6. The predicted octanol–water partition coefficient (Wildman–Crippen LogP) is 4.69. The maximum absolute atomic E-state index is 14.5. The van der Waals surface area contributed by atoms with Crippen LogP contribution in [0.4, 0.5) is 20.7 Å². The zero-order chi connectivity index (χ0) is 36.3. The van der Waals surface area contributed by atoms with E-state index in [1.165, 1.54) is 12.1 Å². The van der Waals surface area contributed by atoms with Gasteiger partial charge in [0.1, 0.15) is 29.5 Å². The largest absolute Gasteiger partial charge is 0.474 e. The van der Waals surface area contributed by atoms with Gasteiger partial charge >= 0.3 is 6.09 Å². The molecule has 13 heteroatoms. The average Bonchev–Trinajstić information content (AvgIpc) is 3.04. The summed E-state index contributed by atoms with van der Waals surface area (Å²) in [5.74, 6) is -0.0468. The number of amides is 3. The standard InChI is InChI=1S/C37H53FN6O6/c1-9-32(45)39-34-28(14-27-10-12-29(38)13-11-27)15-31-35(40-34)49-22-26(5)44(31)33(46)19-41-16-23(2)43(36(47)50-37(6,7)8)18-30(41)17-42-24(3)20-48-21-25(42)4/h10-13,15,23-26,30H,9,14,16-22H2,1-8H3,(H,39,40,45)/t23-,24-,25-,26+,30+/m1/s1. The smallest absolute Gasteiger partial charge is 0.410 e. The summed E-state index contributed by atoms with van der Waals surface area (Å²) >= 11 is 0. The molecule has 12 nitrogen and oxygen atoms in total. The Morgan fingerprint density at radius 3 is 2.30 bits per heavy atom. The molecule has 1 aromatic carbocycles. The minimum atomic E-state index is -0.630. The number of nitrogens with one attached hydrogen (secondary N) is 1. The van der Waals surface area contributed by atoms with E-state index in [2.05, 4.69) is 29.0 Å². The number of hydrogen-bond acceptors (Lipinski definition) is 9. The SMILES string of the molecule is CCC(=O)Nc1nc2c(cc1Cc1ccc(F)cc1)N(C(=O)CN1C[C@@H](C)N(C(=O)OC(C)(C)C)C[C@@H]1CN1[C@H](C)COC[C@H]1C)[C@@H](C)CO2. The van der Waals surface area contributed by atoms with Crippen LogP contribution in [0.2, 0.25) is 0 Å². The summed E-state index contributed by atoms with van der Waals surface area (Å²) in [6, 6.07) is 7.78. The summed E-state index contributed by atoms with van der Waals surface area (Å²) in [6.45, 7) is 18.7. The zero-order valence-corrected chi connectivity index (χ0v) is 30.7. The van der Waals surface area contributed by atoms with Gasteiger partial charge in [0.2, 0.25) is 17.7 Å². The van der Waals surface area contributed by atoms with Crippen LogP contribution in [0.3, 0.4) is 0 Å². The van der Waals surface area contributed by atoms with Gasteiger partial charge in [0, 0.05) is 62.2 Å². The fourth-order valence-electron chi connectivity index (χ4n) is 6.92. The lowest BCUT2D eigenvalue weighted by molar-refractivity contribution is -0.123. The Morgan fingerprint density at radius 2 is 1.66 bits per heavy atom. The third-order valence-electron chi connectivity index (χ3n) is 9.56. The second-order valence-electron chi connectivity index (χ2n) is 14.9. The van der Waals surface area contributed by atoms with Crippen LogP contribution in [-0.2, 0) is 25.5 Å². The van der Waals surface area contributed by atoms with Crippen LogP contribution in [0.5, 0.6) is 5.88 Å². The Bertz CT molecular complexity index is 1520. The van der Waals surface area contributed by atoms with Gasteiger partial charge < -0.3 is 29.3 Å². The minimum absolute atomic E-state index is 0.118. The summed E-state index contributed by atoms with van der Waals surface area (Å²) in [4.78, 5) is 53.1. The number of rotatable bonds is 8. The van der Waals surface area contributed by atoms with E-state index < -0.39 is 5.60 Å². The molecular weight excluding hydrogens is 643 g/mol. The van der Waals surface area contributed by atoms with Crippen molar-refractivity contribution in [2.24, 2.45) is 0 Å². The highest BCUT2D eigenvalue weighted by atomic mass is 19.1. The highest BCUT2D eigenvalue weighted by Crippen LogP contribution is 2.37. The molecule has 0 aliphatic carbocycles. The first-order valence-electron chi connectivity index (χ1n) is 17.7. The molecular formula is C37H53FN6O6. The van der Waals surface area contributed by atoms with E-state index in [0.717, 1.165) is 5.56 Å². The number of aromatic nitrogens is 1. The Morgan fingerprint density at radius 1 is 0.980 bits per heavy atom. The summed E-state index contributed by atoms with van der Waals surface area (Å²) in [7, 11) is 0. The van der Waals surface area contributed by atoms with Crippen molar-refractivity contribution in [1.82, 2.24) is 19.7 Å². The van der Waals surface area contributed by atoms with Gasteiger partial charge in [-0.3, -0.25) is 19.4 Å². The number of benzene rings is 1. The number of morpholine rings is 1. The molecule has 50 heavy (non-hydrogen) atoms. The number of pyridine rings is 1. The van der Waals surface area contributed by atoms with Crippen LogP contribution < -0.4 is 15.0 Å². The second-order valence-corrected chi connectivity index (χ2v) is 14.9. The zero-order valence-electron chi connectivity index (χ0n) is 30.7. The van der Waals surface area contributed by atoms with Crippen molar-refractivity contribution in [2.75, 3.05) is 56.2 Å². The van der Waals surface area contributed by atoms with Crippen LogP contribution in [-0.4, -0.2) is 119 Å². The number of piperazine rings is 1. The van der Waals surface area contributed by atoms with Gasteiger partial charge in [0.15, 0.2) is 0 Å². The van der Waals surface area contributed by atoms with Crippen molar-refractivity contribution in [3.05, 3.63) is 47.3 Å². The average molecular weight is 697 g/mol. The molecule has 0 saturated carbocycles. The first-order valence-corrected chi connectivity index (χ1v) is 17.7. The molecule has 3 amide bonds. The Balaban J connectivity index is 1.44. The van der Waals surface area contributed by atoms with Gasteiger partial charge in [0.25, 0.3) is 0 Å². The molecule has 0 radical (unpaired) electrons. The summed E-state index contributed by atoms with van der Waals surface area (Å²) in [5.41, 5.74) is 1.40. The highest BCUT2D eigenvalue weighted by Gasteiger charge is 2.41. The van der Waals surface area contributed by atoms with Gasteiger partial charge in [0.05, 0.1) is 25.8 Å². The molecule has 0 bridgehead atoms. The monoisotopic (exact) mass is 696 g/mol. The number of halogens is 1. The molecule has 5 rings (SSSR count). The number of fused-ring (bicyclic) bond motifs is 1. The Hall–Kier alpha value is -3.81. The Kier molecular flexibility index (Phi) is 11.7. The van der Waals surface area contributed by atoms with E-state index in [1.54, 1.807) is 28.9 Å². The number of carbonyl (C=O) groups is 3. The topological polar surface area (TPSA) is 117 Å². The molecule has 4 heterocycles. The van der Waals surface area contributed by atoms with E-state index in [9.17, 15) is 18.8 Å². The van der Waals surface area contributed by atoms with Gasteiger partial charge in [-0.2, -0.15) is 4.98 Å². The van der Waals surface area contributed by atoms with E-state index in [4.69, 9.17) is 19.2 Å². The van der Waals surface area contributed by atoms with E-state index in [-0.39, 0.29) is 79.4 Å². The van der Waals surface area contributed by atoms with E-state index in [0.29, 0.717) is 56.3 Å².